The van der Waals surface area contributed by atoms with E-state index in [9.17, 15) is 24.6 Å². The van der Waals surface area contributed by atoms with Crippen LogP contribution in [0.25, 0.3) is 11.1 Å². The van der Waals surface area contributed by atoms with Gasteiger partial charge in [0.15, 0.2) is 0 Å². The lowest BCUT2D eigenvalue weighted by Gasteiger charge is -2.34. The van der Waals surface area contributed by atoms with E-state index in [-0.39, 0.29) is 32.0 Å². The van der Waals surface area contributed by atoms with Gasteiger partial charge in [0, 0.05) is 32.1 Å². The molecule has 3 N–H and O–H groups in total. The molecule has 1 fully saturated rings. The van der Waals surface area contributed by atoms with Crippen molar-refractivity contribution in [3.05, 3.63) is 95.6 Å². The Morgan fingerprint density at radius 2 is 1.57 bits per heavy atom. The van der Waals surface area contributed by atoms with Crippen LogP contribution < -0.4 is 5.32 Å². The summed E-state index contributed by atoms with van der Waals surface area (Å²) in [5, 5.41) is 21.7. The minimum absolute atomic E-state index is 0.0906. The molecule has 3 aromatic carbocycles. The van der Waals surface area contributed by atoms with Crippen molar-refractivity contribution in [2.45, 2.75) is 24.4 Å². The number of hydrogen-bond donors (Lipinski definition) is 3. The van der Waals surface area contributed by atoms with E-state index in [0.29, 0.717) is 13.1 Å². The third-order valence-corrected chi connectivity index (χ3v) is 7.67. The van der Waals surface area contributed by atoms with Crippen LogP contribution in [0, 0.1) is 0 Å². The number of aliphatic hydroxyl groups is 1. The van der Waals surface area contributed by atoms with Gasteiger partial charge < -0.3 is 25.2 Å². The molecule has 0 spiro atoms. The van der Waals surface area contributed by atoms with Gasteiger partial charge in [-0.05, 0) is 34.2 Å². The summed E-state index contributed by atoms with van der Waals surface area (Å²) in [5.41, 5.74) is 4.05. The molecule has 2 aliphatic rings. The highest BCUT2D eigenvalue weighted by Crippen LogP contribution is 2.44. The summed E-state index contributed by atoms with van der Waals surface area (Å²) in [7, 11) is 0. The lowest BCUT2D eigenvalue weighted by atomic mass is 9.96. The van der Waals surface area contributed by atoms with E-state index in [0.717, 1.165) is 32.7 Å². The summed E-state index contributed by atoms with van der Waals surface area (Å²) in [4.78, 5) is 41.7. The number of alkyl carbamates (subject to hydrolysis) is 1. The van der Waals surface area contributed by atoms with Gasteiger partial charge in [-0.2, -0.15) is 0 Å². The zero-order valence-electron chi connectivity index (χ0n) is 22.2. The number of aliphatic carboxylic acids is 1. The number of nitrogens with one attached hydrogen (secondary N) is 1. The standard InChI is InChI=1S/C31H33N3O6/c35-17-16-34(19-28(36)37)29(38)31(14-15-33(21-31)18-22-8-2-1-3-9-22)32-30(39)40-20-27-25-12-6-4-10-23(25)24-11-5-7-13-26(24)27/h1-13,27,35H,14-21H2,(H,32,39)(H,36,37). The van der Waals surface area contributed by atoms with Crippen LogP contribution in [0.5, 0.6) is 0 Å². The van der Waals surface area contributed by atoms with Crippen LogP contribution in [0.4, 0.5) is 4.79 Å². The largest absolute Gasteiger partial charge is 0.480 e. The van der Waals surface area contributed by atoms with E-state index in [1.807, 2.05) is 66.7 Å². The van der Waals surface area contributed by atoms with Crippen molar-refractivity contribution >= 4 is 18.0 Å². The highest BCUT2D eigenvalue weighted by molar-refractivity contribution is 5.92. The second kappa shape index (κ2) is 11.9. The summed E-state index contributed by atoms with van der Waals surface area (Å²) < 4.78 is 5.75. The van der Waals surface area contributed by atoms with Gasteiger partial charge in [-0.1, -0.05) is 78.9 Å². The summed E-state index contributed by atoms with van der Waals surface area (Å²) in [6.07, 6.45) is -0.458. The van der Waals surface area contributed by atoms with E-state index >= 15 is 0 Å². The monoisotopic (exact) mass is 543 g/mol. The number of nitrogens with zero attached hydrogens (tertiary/aromatic N) is 2. The van der Waals surface area contributed by atoms with Crippen LogP contribution in [0.1, 0.15) is 29.0 Å². The van der Waals surface area contributed by atoms with Gasteiger partial charge in [0.25, 0.3) is 0 Å². The van der Waals surface area contributed by atoms with E-state index in [2.05, 4.69) is 22.3 Å². The zero-order chi connectivity index (χ0) is 28.1. The maximum absolute atomic E-state index is 13.8. The van der Waals surface area contributed by atoms with Crippen molar-refractivity contribution in [2.75, 3.05) is 39.4 Å². The Kier molecular flexibility index (Phi) is 8.14. The lowest BCUT2D eigenvalue weighted by molar-refractivity contribution is -0.147. The molecule has 208 valence electrons. The number of carbonyl (C=O) groups is 3. The normalized spacial score (nSPS) is 18.1. The van der Waals surface area contributed by atoms with Crippen LogP contribution in [0.15, 0.2) is 78.9 Å². The van der Waals surface area contributed by atoms with Crippen molar-refractivity contribution in [1.82, 2.24) is 15.1 Å². The Balaban J connectivity index is 1.34. The molecule has 0 radical (unpaired) electrons. The minimum Gasteiger partial charge on any atom is -0.480 e. The topological polar surface area (TPSA) is 119 Å². The van der Waals surface area contributed by atoms with Gasteiger partial charge in [-0.25, -0.2) is 4.79 Å². The average Bonchev–Trinajstić information content (AvgIpc) is 3.51. The van der Waals surface area contributed by atoms with E-state index in [4.69, 9.17) is 4.74 Å². The fourth-order valence-electron chi connectivity index (χ4n) is 5.86. The molecule has 3 aromatic rings. The van der Waals surface area contributed by atoms with Gasteiger partial charge in [-0.3, -0.25) is 14.5 Å². The number of rotatable bonds is 10. The number of hydrogen-bond acceptors (Lipinski definition) is 6. The number of amides is 2. The minimum atomic E-state index is -1.39. The SMILES string of the molecule is O=C(O)CN(CCO)C(=O)C1(NC(=O)OCC2c3ccccc3-c3ccccc32)CCN(Cc2ccccc2)C1. The van der Waals surface area contributed by atoms with Crippen LogP contribution >= 0.6 is 0 Å². The third kappa shape index (κ3) is 5.71. The van der Waals surface area contributed by atoms with E-state index in [1.165, 1.54) is 0 Å². The zero-order valence-corrected chi connectivity index (χ0v) is 22.2. The number of aliphatic hydroxyl groups excluding tert-OH is 1. The van der Waals surface area contributed by atoms with Gasteiger partial charge in [0.2, 0.25) is 5.91 Å². The first-order valence-corrected chi connectivity index (χ1v) is 13.4. The Morgan fingerprint density at radius 3 is 2.20 bits per heavy atom. The highest BCUT2D eigenvalue weighted by Gasteiger charge is 2.48. The van der Waals surface area contributed by atoms with Crippen LogP contribution in [-0.2, 0) is 20.9 Å². The van der Waals surface area contributed by atoms with Crippen LogP contribution in [0.3, 0.4) is 0 Å². The fraction of sp³-hybridized carbons (Fsp3) is 0.323. The molecule has 9 heteroatoms. The Labute approximate surface area is 233 Å². The molecule has 1 aliphatic heterocycles. The summed E-state index contributed by atoms with van der Waals surface area (Å²) in [6.45, 7) is 0.239. The highest BCUT2D eigenvalue weighted by atomic mass is 16.5. The molecule has 1 atom stereocenters. The predicted molar refractivity (Wildman–Crippen MR) is 149 cm³/mol. The third-order valence-electron chi connectivity index (χ3n) is 7.67. The maximum atomic E-state index is 13.8. The molecule has 40 heavy (non-hydrogen) atoms. The summed E-state index contributed by atoms with van der Waals surface area (Å²) >= 11 is 0. The van der Waals surface area contributed by atoms with Crippen molar-refractivity contribution in [1.29, 1.82) is 0 Å². The molecule has 9 nitrogen and oxygen atoms in total. The first-order valence-electron chi connectivity index (χ1n) is 13.4. The van der Waals surface area contributed by atoms with Gasteiger partial charge in [0.05, 0.1) is 6.61 Å². The Hall–Kier alpha value is -4.21. The number of fused-ring (bicyclic) bond motifs is 3. The number of ether oxygens (including phenoxy) is 1. The van der Waals surface area contributed by atoms with E-state index < -0.39 is 36.7 Å². The van der Waals surface area contributed by atoms with Crippen molar-refractivity contribution in [2.24, 2.45) is 0 Å². The van der Waals surface area contributed by atoms with Gasteiger partial charge in [0.1, 0.15) is 18.7 Å². The second-order valence-electron chi connectivity index (χ2n) is 10.3. The second-order valence-corrected chi connectivity index (χ2v) is 10.3. The smallest absolute Gasteiger partial charge is 0.408 e. The molecule has 1 unspecified atom stereocenters. The number of benzene rings is 3. The number of carboxylic acid groups (broad SMARTS) is 1. The molecule has 5 rings (SSSR count). The molecular weight excluding hydrogens is 510 g/mol. The van der Waals surface area contributed by atoms with Crippen molar-refractivity contribution in [3.8, 4) is 11.1 Å². The van der Waals surface area contributed by atoms with Gasteiger partial charge >= 0.3 is 12.1 Å². The van der Waals surface area contributed by atoms with Crippen LogP contribution in [-0.4, -0.2) is 82.9 Å². The number of carboxylic acids is 1. The first-order chi connectivity index (χ1) is 19.4. The summed E-state index contributed by atoms with van der Waals surface area (Å²) in [5.74, 6) is -1.88. The summed E-state index contributed by atoms with van der Waals surface area (Å²) in [6, 6.07) is 25.9. The lowest BCUT2D eigenvalue weighted by Crippen LogP contribution is -2.62. The molecule has 0 saturated carbocycles. The van der Waals surface area contributed by atoms with E-state index in [1.54, 1.807) is 0 Å². The Morgan fingerprint density at radius 1 is 0.950 bits per heavy atom. The molecule has 0 aromatic heterocycles. The molecule has 1 saturated heterocycles. The quantitative estimate of drug-likeness (QED) is 0.360. The molecular formula is C31H33N3O6. The fourth-order valence-corrected chi connectivity index (χ4v) is 5.86. The van der Waals surface area contributed by atoms with Crippen molar-refractivity contribution < 1.29 is 29.3 Å². The average molecular weight is 544 g/mol. The first kappa shape index (κ1) is 27.4. The van der Waals surface area contributed by atoms with Gasteiger partial charge in [-0.15, -0.1) is 0 Å². The predicted octanol–water partition coefficient (Wildman–Crippen LogP) is 3.08. The molecule has 1 aliphatic carbocycles. The maximum Gasteiger partial charge on any atom is 0.408 e. The molecule has 2 amide bonds. The number of likely N-dealkylation sites (tertiary alicyclic amines) is 1. The molecule has 1 heterocycles. The number of carbonyl (C=O) groups excluding carboxylic acids is 2. The van der Waals surface area contributed by atoms with Crippen molar-refractivity contribution in [3.63, 3.8) is 0 Å². The Bertz CT molecular complexity index is 1330. The van der Waals surface area contributed by atoms with Crippen LogP contribution in [0.2, 0.25) is 0 Å². The molecule has 0 bridgehead atoms.